The number of halogens is 2. The highest BCUT2D eigenvalue weighted by atomic mass is 35.5. The van der Waals surface area contributed by atoms with Crippen molar-refractivity contribution in [3.05, 3.63) is 50.8 Å². The molecule has 0 saturated heterocycles. The molecule has 0 spiro atoms. The fourth-order valence-electron chi connectivity index (χ4n) is 2.19. The quantitative estimate of drug-likeness (QED) is 0.941. The topological polar surface area (TPSA) is 43.8 Å². The van der Waals surface area contributed by atoms with Gasteiger partial charge in [0.05, 0.1) is 5.69 Å². The molecule has 0 aliphatic heterocycles. The molecule has 0 bridgehead atoms. The van der Waals surface area contributed by atoms with Crippen LogP contribution in [0, 0.1) is 13.8 Å². The van der Waals surface area contributed by atoms with E-state index in [1.54, 1.807) is 4.68 Å². The Morgan fingerprint density at radius 2 is 2.00 bits per heavy atom. The molecule has 102 valence electrons. The van der Waals surface area contributed by atoms with Gasteiger partial charge in [-0.3, -0.25) is 4.68 Å². The van der Waals surface area contributed by atoms with E-state index < -0.39 is 0 Å². The second-order valence-electron chi connectivity index (χ2n) is 4.77. The zero-order chi connectivity index (χ0) is 14.2. The van der Waals surface area contributed by atoms with Crippen molar-refractivity contribution in [3.8, 4) is 0 Å². The zero-order valence-corrected chi connectivity index (χ0v) is 12.8. The van der Waals surface area contributed by atoms with E-state index in [0.717, 1.165) is 27.4 Å². The summed E-state index contributed by atoms with van der Waals surface area (Å²) in [4.78, 5) is 0. The number of aromatic nitrogens is 2. The summed E-state index contributed by atoms with van der Waals surface area (Å²) in [6.45, 7) is 3.91. The molecule has 2 N–H and O–H groups in total. The summed E-state index contributed by atoms with van der Waals surface area (Å²) >= 11 is 12.5. The molecule has 5 heteroatoms. The van der Waals surface area contributed by atoms with Crippen molar-refractivity contribution in [1.82, 2.24) is 9.78 Å². The van der Waals surface area contributed by atoms with E-state index in [0.29, 0.717) is 11.6 Å². The molecule has 2 rings (SSSR count). The van der Waals surface area contributed by atoms with Crippen molar-refractivity contribution in [2.75, 3.05) is 0 Å². The largest absolute Gasteiger partial charge is 0.324 e. The summed E-state index contributed by atoms with van der Waals surface area (Å²) in [6.07, 6.45) is 0.627. The maximum absolute atomic E-state index is 6.31. The van der Waals surface area contributed by atoms with Crippen molar-refractivity contribution >= 4 is 23.2 Å². The molecule has 1 aromatic heterocycles. The Kier molecular flexibility index (Phi) is 4.19. The highest BCUT2D eigenvalue weighted by Crippen LogP contribution is 2.29. The van der Waals surface area contributed by atoms with Gasteiger partial charge in [-0.1, -0.05) is 41.4 Å². The van der Waals surface area contributed by atoms with Crippen LogP contribution in [-0.2, 0) is 13.5 Å². The molecular formula is C14H17Cl2N3. The maximum Gasteiger partial charge on any atom is 0.130 e. The Morgan fingerprint density at radius 3 is 2.58 bits per heavy atom. The molecule has 1 atom stereocenters. The minimum absolute atomic E-state index is 0.187. The number of benzene rings is 1. The lowest BCUT2D eigenvalue weighted by atomic mass is 9.98. The van der Waals surface area contributed by atoms with Crippen LogP contribution < -0.4 is 5.73 Å². The monoisotopic (exact) mass is 297 g/mol. The van der Waals surface area contributed by atoms with E-state index in [1.165, 1.54) is 0 Å². The Morgan fingerprint density at radius 1 is 1.32 bits per heavy atom. The van der Waals surface area contributed by atoms with E-state index in [9.17, 15) is 0 Å². The van der Waals surface area contributed by atoms with Crippen molar-refractivity contribution in [2.45, 2.75) is 26.3 Å². The van der Waals surface area contributed by atoms with E-state index in [2.05, 4.69) is 5.10 Å². The molecule has 0 radical (unpaired) electrons. The standard InChI is InChI=1S/C14H17Cl2N3/c1-8-5-4-6-10(13(8)15)12(17)7-11-9(2)18-19(3)14(11)16/h4-6,12H,7,17H2,1-3H3. The zero-order valence-electron chi connectivity index (χ0n) is 11.2. The molecule has 19 heavy (non-hydrogen) atoms. The summed E-state index contributed by atoms with van der Waals surface area (Å²) in [5.41, 5.74) is 10.1. The van der Waals surface area contributed by atoms with E-state index >= 15 is 0 Å². The van der Waals surface area contributed by atoms with Crippen molar-refractivity contribution < 1.29 is 0 Å². The normalized spacial score (nSPS) is 12.7. The minimum atomic E-state index is -0.187. The van der Waals surface area contributed by atoms with Gasteiger partial charge < -0.3 is 5.73 Å². The predicted octanol–water partition coefficient (Wildman–Crippen LogP) is 3.59. The highest BCUT2D eigenvalue weighted by Gasteiger charge is 2.18. The predicted molar refractivity (Wildman–Crippen MR) is 79.8 cm³/mol. The average molecular weight is 298 g/mol. The molecule has 0 saturated carbocycles. The van der Waals surface area contributed by atoms with Gasteiger partial charge in [-0.15, -0.1) is 0 Å². The van der Waals surface area contributed by atoms with Gasteiger partial charge >= 0.3 is 0 Å². The molecule has 0 fully saturated rings. The van der Waals surface area contributed by atoms with Crippen molar-refractivity contribution in [2.24, 2.45) is 12.8 Å². The second kappa shape index (κ2) is 5.53. The molecule has 3 nitrogen and oxygen atoms in total. The van der Waals surface area contributed by atoms with Crippen LogP contribution in [-0.4, -0.2) is 9.78 Å². The van der Waals surface area contributed by atoms with Gasteiger partial charge in [-0.2, -0.15) is 5.10 Å². The van der Waals surface area contributed by atoms with E-state index in [1.807, 2.05) is 39.1 Å². The molecule has 0 aliphatic carbocycles. The van der Waals surface area contributed by atoms with Gasteiger partial charge in [0.2, 0.25) is 0 Å². The summed E-state index contributed by atoms with van der Waals surface area (Å²) in [7, 11) is 1.82. The summed E-state index contributed by atoms with van der Waals surface area (Å²) in [5.74, 6) is 0. The SMILES string of the molecule is Cc1cccc(C(N)Cc2c(C)nn(C)c2Cl)c1Cl. The number of hydrogen-bond acceptors (Lipinski definition) is 2. The molecule has 0 amide bonds. The number of aryl methyl sites for hydroxylation is 3. The molecule has 0 aliphatic rings. The van der Waals surface area contributed by atoms with Crippen LogP contribution in [0.25, 0.3) is 0 Å². The van der Waals surface area contributed by atoms with E-state index in [4.69, 9.17) is 28.9 Å². The fourth-order valence-corrected chi connectivity index (χ4v) is 2.71. The first kappa shape index (κ1) is 14.4. The third-order valence-corrected chi connectivity index (χ3v) is 4.30. The van der Waals surface area contributed by atoms with Crippen LogP contribution >= 0.6 is 23.2 Å². The van der Waals surface area contributed by atoms with Gasteiger partial charge in [0.25, 0.3) is 0 Å². The summed E-state index contributed by atoms with van der Waals surface area (Å²) in [6, 6.07) is 5.71. The number of nitrogens with zero attached hydrogens (tertiary/aromatic N) is 2. The Bertz CT molecular complexity index is 605. The van der Waals surface area contributed by atoms with Crippen LogP contribution in [0.4, 0.5) is 0 Å². The number of hydrogen-bond donors (Lipinski definition) is 1. The first-order valence-electron chi connectivity index (χ1n) is 6.10. The van der Waals surface area contributed by atoms with Crippen LogP contribution in [0.2, 0.25) is 10.2 Å². The van der Waals surface area contributed by atoms with Crippen LogP contribution in [0.15, 0.2) is 18.2 Å². The smallest absolute Gasteiger partial charge is 0.130 e. The number of rotatable bonds is 3. The first-order valence-corrected chi connectivity index (χ1v) is 6.86. The lowest BCUT2D eigenvalue weighted by Gasteiger charge is -2.15. The maximum atomic E-state index is 6.31. The average Bonchev–Trinajstić information content (AvgIpc) is 2.59. The van der Waals surface area contributed by atoms with Gasteiger partial charge in [0.1, 0.15) is 5.15 Å². The van der Waals surface area contributed by atoms with Crippen molar-refractivity contribution in [1.29, 1.82) is 0 Å². The lowest BCUT2D eigenvalue weighted by molar-refractivity contribution is 0.717. The minimum Gasteiger partial charge on any atom is -0.324 e. The third-order valence-electron chi connectivity index (χ3n) is 3.32. The van der Waals surface area contributed by atoms with Gasteiger partial charge in [-0.05, 0) is 31.4 Å². The molecule has 2 aromatic rings. The molecule has 1 unspecified atom stereocenters. The van der Waals surface area contributed by atoms with E-state index in [-0.39, 0.29) is 6.04 Å². The lowest BCUT2D eigenvalue weighted by Crippen LogP contribution is -2.14. The van der Waals surface area contributed by atoms with Crippen molar-refractivity contribution in [3.63, 3.8) is 0 Å². The van der Waals surface area contributed by atoms with Crippen LogP contribution in [0.1, 0.15) is 28.4 Å². The first-order chi connectivity index (χ1) is 8.91. The summed E-state index contributed by atoms with van der Waals surface area (Å²) in [5, 5.41) is 5.66. The molecule has 1 heterocycles. The Balaban J connectivity index is 2.31. The second-order valence-corrected chi connectivity index (χ2v) is 5.50. The Hall–Kier alpha value is -1.03. The van der Waals surface area contributed by atoms with Gasteiger partial charge in [0.15, 0.2) is 0 Å². The third kappa shape index (κ3) is 2.78. The number of nitrogens with two attached hydrogens (primary N) is 1. The Labute approximate surface area is 123 Å². The van der Waals surface area contributed by atoms with Crippen LogP contribution in [0.5, 0.6) is 0 Å². The summed E-state index contributed by atoms with van der Waals surface area (Å²) < 4.78 is 1.66. The fraction of sp³-hybridized carbons (Fsp3) is 0.357. The van der Waals surface area contributed by atoms with Gasteiger partial charge in [0, 0.05) is 23.7 Å². The van der Waals surface area contributed by atoms with Crippen LogP contribution in [0.3, 0.4) is 0 Å². The van der Waals surface area contributed by atoms with Gasteiger partial charge in [-0.25, -0.2) is 0 Å². The molecular weight excluding hydrogens is 281 g/mol. The molecule has 1 aromatic carbocycles. The highest BCUT2D eigenvalue weighted by molar-refractivity contribution is 6.32.